The minimum absolute atomic E-state index is 0.158. The molecule has 0 aliphatic carbocycles. The van der Waals surface area contributed by atoms with Crippen LogP contribution in [0.3, 0.4) is 0 Å². The highest BCUT2D eigenvalue weighted by Gasteiger charge is 2.10. The number of carbonyl (C=O) groups is 2. The number of ether oxygens (including phenoxy) is 3. The van der Waals surface area contributed by atoms with Crippen molar-refractivity contribution in [1.82, 2.24) is 5.43 Å². The SMILES string of the molecule is COc1cc(/C=N/NC(=O)COc2cc(C(C)C)ccc2C)ccc1OC(=O)/C=C/c1ccccc1. The lowest BCUT2D eigenvalue weighted by Gasteiger charge is -2.12. The molecule has 0 saturated heterocycles. The fourth-order valence-corrected chi connectivity index (χ4v) is 3.21. The number of methoxy groups -OCH3 is 1. The van der Waals surface area contributed by atoms with Crippen LogP contribution in [-0.2, 0) is 9.59 Å². The summed E-state index contributed by atoms with van der Waals surface area (Å²) in [6, 6.07) is 20.4. The molecule has 0 bridgehead atoms. The molecular formula is C29H30N2O5. The van der Waals surface area contributed by atoms with Crippen molar-refractivity contribution in [3.05, 3.63) is 95.1 Å². The Morgan fingerprint density at radius 3 is 2.44 bits per heavy atom. The maximum Gasteiger partial charge on any atom is 0.336 e. The van der Waals surface area contributed by atoms with Crippen LogP contribution in [0.4, 0.5) is 0 Å². The van der Waals surface area contributed by atoms with Crippen LogP contribution in [0.25, 0.3) is 6.08 Å². The van der Waals surface area contributed by atoms with Gasteiger partial charge in [-0.1, -0.05) is 56.3 Å². The van der Waals surface area contributed by atoms with Gasteiger partial charge in [-0.15, -0.1) is 0 Å². The van der Waals surface area contributed by atoms with Gasteiger partial charge in [-0.25, -0.2) is 10.2 Å². The molecule has 7 heteroatoms. The Labute approximate surface area is 211 Å². The van der Waals surface area contributed by atoms with Gasteiger partial charge in [-0.2, -0.15) is 5.10 Å². The van der Waals surface area contributed by atoms with Crippen molar-refractivity contribution >= 4 is 24.2 Å². The summed E-state index contributed by atoms with van der Waals surface area (Å²) >= 11 is 0. The Bertz CT molecular complexity index is 1250. The van der Waals surface area contributed by atoms with Gasteiger partial charge in [0.2, 0.25) is 0 Å². The summed E-state index contributed by atoms with van der Waals surface area (Å²) in [7, 11) is 1.47. The zero-order chi connectivity index (χ0) is 25.9. The van der Waals surface area contributed by atoms with Crippen LogP contribution < -0.4 is 19.6 Å². The first kappa shape index (κ1) is 26.2. The van der Waals surface area contributed by atoms with E-state index in [9.17, 15) is 9.59 Å². The highest BCUT2D eigenvalue weighted by Crippen LogP contribution is 2.28. The fourth-order valence-electron chi connectivity index (χ4n) is 3.21. The van der Waals surface area contributed by atoms with E-state index in [0.29, 0.717) is 23.0 Å². The average Bonchev–Trinajstić information content (AvgIpc) is 2.88. The van der Waals surface area contributed by atoms with Crippen LogP contribution in [0.1, 0.15) is 42.0 Å². The maximum absolute atomic E-state index is 12.2. The van der Waals surface area contributed by atoms with Gasteiger partial charge in [-0.3, -0.25) is 4.79 Å². The number of rotatable bonds is 10. The third kappa shape index (κ3) is 7.84. The molecule has 0 aliphatic heterocycles. The van der Waals surface area contributed by atoms with Crippen molar-refractivity contribution in [1.29, 1.82) is 0 Å². The number of hydrogen-bond donors (Lipinski definition) is 1. The molecule has 7 nitrogen and oxygen atoms in total. The summed E-state index contributed by atoms with van der Waals surface area (Å²) in [5, 5.41) is 3.97. The molecule has 3 rings (SSSR count). The molecule has 0 aromatic heterocycles. The van der Waals surface area contributed by atoms with Crippen LogP contribution >= 0.6 is 0 Å². The van der Waals surface area contributed by atoms with E-state index < -0.39 is 5.97 Å². The van der Waals surface area contributed by atoms with Crippen molar-refractivity contribution in [2.75, 3.05) is 13.7 Å². The largest absolute Gasteiger partial charge is 0.493 e. The summed E-state index contributed by atoms with van der Waals surface area (Å²) in [5.74, 6) is 0.755. The molecule has 0 aliphatic rings. The molecule has 1 N–H and O–H groups in total. The molecule has 3 aromatic carbocycles. The number of esters is 1. The lowest BCUT2D eigenvalue weighted by molar-refractivity contribution is -0.129. The Morgan fingerprint density at radius 1 is 0.944 bits per heavy atom. The van der Waals surface area contributed by atoms with E-state index in [0.717, 1.165) is 16.7 Å². The first-order valence-electron chi connectivity index (χ1n) is 11.5. The molecule has 1 amide bonds. The minimum atomic E-state index is -0.528. The van der Waals surface area contributed by atoms with E-state index in [1.54, 1.807) is 24.3 Å². The van der Waals surface area contributed by atoms with Gasteiger partial charge >= 0.3 is 5.97 Å². The molecule has 3 aromatic rings. The molecule has 36 heavy (non-hydrogen) atoms. The van der Waals surface area contributed by atoms with E-state index in [-0.39, 0.29) is 18.3 Å². The molecule has 0 atom stereocenters. The highest BCUT2D eigenvalue weighted by molar-refractivity contribution is 5.89. The van der Waals surface area contributed by atoms with Crippen molar-refractivity contribution < 1.29 is 23.8 Å². The van der Waals surface area contributed by atoms with E-state index in [2.05, 4.69) is 30.4 Å². The summed E-state index contributed by atoms with van der Waals surface area (Å²) < 4.78 is 16.4. The fraction of sp³-hybridized carbons (Fsp3) is 0.207. The molecule has 186 valence electrons. The lowest BCUT2D eigenvalue weighted by Crippen LogP contribution is -2.24. The molecule has 0 heterocycles. The number of benzene rings is 3. The van der Waals surface area contributed by atoms with Gasteiger partial charge in [0.25, 0.3) is 5.91 Å². The smallest absolute Gasteiger partial charge is 0.336 e. The number of nitrogens with one attached hydrogen (secondary N) is 1. The van der Waals surface area contributed by atoms with Gasteiger partial charge in [0, 0.05) is 6.08 Å². The van der Waals surface area contributed by atoms with Crippen LogP contribution in [0.5, 0.6) is 17.2 Å². The predicted molar refractivity (Wildman–Crippen MR) is 141 cm³/mol. The monoisotopic (exact) mass is 486 g/mol. The minimum Gasteiger partial charge on any atom is -0.493 e. The van der Waals surface area contributed by atoms with Gasteiger partial charge in [0.15, 0.2) is 18.1 Å². The number of nitrogens with zero attached hydrogens (tertiary/aromatic N) is 1. The predicted octanol–water partition coefficient (Wildman–Crippen LogP) is 5.27. The normalized spacial score (nSPS) is 11.1. The van der Waals surface area contributed by atoms with Gasteiger partial charge in [0.05, 0.1) is 13.3 Å². The third-order valence-corrected chi connectivity index (χ3v) is 5.25. The number of hydrogen-bond acceptors (Lipinski definition) is 6. The molecular weight excluding hydrogens is 456 g/mol. The van der Waals surface area contributed by atoms with Crippen molar-refractivity contribution in [3.63, 3.8) is 0 Å². The van der Waals surface area contributed by atoms with Crippen molar-refractivity contribution in [2.24, 2.45) is 5.10 Å². The zero-order valence-corrected chi connectivity index (χ0v) is 20.9. The lowest BCUT2D eigenvalue weighted by atomic mass is 10.0. The van der Waals surface area contributed by atoms with Crippen molar-refractivity contribution in [3.8, 4) is 17.2 Å². The standard InChI is InChI=1S/C29H30N2O5/c1-20(2)24-13-10-21(3)26(17-24)35-19-28(32)31-30-18-23-11-14-25(27(16-23)34-4)36-29(33)15-12-22-8-6-5-7-9-22/h5-18,20H,19H2,1-4H3,(H,31,32)/b15-12+,30-18+. The van der Waals surface area contributed by atoms with Crippen LogP contribution in [0.2, 0.25) is 0 Å². The number of hydrazone groups is 1. The van der Waals surface area contributed by atoms with Gasteiger partial charge < -0.3 is 14.2 Å². The van der Waals surface area contributed by atoms with Gasteiger partial charge in [-0.05, 0) is 65.4 Å². The van der Waals surface area contributed by atoms with Crippen molar-refractivity contribution in [2.45, 2.75) is 26.7 Å². The summed E-state index contributed by atoms with van der Waals surface area (Å²) in [5.41, 5.74) is 6.08. The maximum atomic E-state index is 12.2. The second-order valence-electron chi connectivity index (χ2n) is 8.34. The highest BCUT2D eigenvalue weighted by atomic mass is 16.6. The van der Waals surface area contributed by atoms with Gasteiger partial charge in [0.1, 0.15) is 5.75 Å². The second kappa shape index (κ2) is 12.9. The summed E-state index contributed by atoms with van der Waals surface area (Å²) in [4.78, 5) is 24.3. The Morgan fingerprint density at radius 2 is 1.72 bits per heavy atom. The van der Waals surface area contributed by atoms with E-state index >= 15 is 0 Å². The molecule has 0 spiro atoms. The first-order chi connectivity index (χ1) is 17.4. The summed E-state index contributed by atoms with van der Waals surface area (Å²) in [6.07, 6.45) is 4.48. The van der Waals surface area contributed by atoms with E-state index in [1.165, 1.54) is 19.4 Å². The molecule has 0 fully saturated rings. The topological polar surface area (TPSA) is 86.2 Å². The second-order valence-corrected chi connectivity index (χ2v) is 8.34. The average molecular weight is 487 g/mol. The number of amides is 1. The summed E-state index contributed by atoms with van der Waals surface area (Å²) in [6.45, 7) is 5.98. The Hall–Kier alpha value is -4.39. The Balaban J connectivity index is 1.54. The number of carbonyl (C=O) groups excluding carboxylic acids is 2. The molecule has 0 saturated carbocycles. The quantitative estimate of drug-likeness (QED) is 0.139. The number of aryl methyl sites for hydroxylation is 1. The third-order valence-electron chi connectivity index (χ3n) is 5.25. The van der Waals surface area contributed by atoms with Crippen LogP contribution in [-0.4, -0.2) is 31.8 Å². The zero-order valence-electron chi connectivity index (χ0n) is 20.9. The molecule has 0 radical (unpaired) electrons. The van der Waals surface area contributed by atoms with E-state index in [4.69, 9.17) is 14.2 Å². The first-order valence-corrected chi connectivity index (χ1v) is 11.5. The van der Waals surface area contributed by atoms with Crippen LogP contribution in [0.15, 0.2) is 77.9 Å². The van der Waals surface area contributed by atoms with Crippen LogP contribution in [0, 0.1) is 6.92 Å². The molecule has 0 unspecified atom stereocenters. The van der Waals surface area contributed by atoms with E-state index in [1.807, 2.05) is 49.4 Å². The Kier molecular flexibility index (Phi) is 9.40.